The van der Waals surface area contributed by atoms with E-state index in [-0.39, 0.29) is 22.9 Å². The highest BCUT2D eigenvalue weighted by atomic mass is 16.5. The Morgan fingerprint density at radius 2 is 1.90 bits per heavy atom. The van der Waals surface area contributed by atoms with Crippen LogP contribution < -0.4 is 10.3 Å². The minimum Gasteiger partial charge on any atom is -0.496 e. The standard InChI is InChI=1S/C17H17NO3/c1-11(19)13-9-10-15(18(17(13)20)12-7-8-12)14-5-3-4-6-16(14)21-2/h3-6,9-10,12H,7-8H2,1-2H3. The van der Waals surface area contributed by atoms with E-state index < -0.39 is 0 Å². The zero-order chi connectivity index (χ0) is 15.0. The van der Waals surface area contributed by atoms with E-state index in [9.17, 15) is 9.59 Å². The summed E-state index contributed by atoms with van der Waals surface area (Å²) in [5.74, 6) is 0.530. The number of ether oxygens (including phenoxy) is 1. The molecule has 1 aliphatic carbocycles. The fraction of sp³-hybridized carbons (Fsp3) is 0.294. The Kier molecular flexibility index (Phi) is 3.37. The molecule has 0 saturated heterocycles. The van der Waals surface area contributed by atoms with E-state index >= 15 is 0 Å². The first-order valence-corrected chi connectivity index (χ1v) is 7.03. The van der Waals surface area contributed by atoms with E-state index in [1.54, 1.807) is 17.7 Å². The number of hydrogen-bond donors (Lipinski definition) is 0. The highest BCUT2D eigenvalue weighted by molar-refractivity contribution is 5.94. The van der Waals surface area contributed by atoms with Crippen LogP contribution in [-0.2, 0) is 0 Å². The Morgan fingerprint density at radius 3 is 2.52 bits per heavy atom. The van der Waals surface area contributed by atoms with Crippen molar-refractivity contribution < 1.29 is 9.53 Å². The first kappa shape index (κ1) is 13.6. The second-order valence-corrected chi connectivity index (χ2v) is 5.30. The molecule has 0 bridgehead atoms. The molecule has 0 spiro atoms. The molecular weight excluding hydrogens is 266 g/mol. The summed E-state index contributed by atoms with van der Waals surface area (Å²) in [6, 6.07) is 11.3. The molecule has 0 radical (unpaired) electrons. The van der Waals surface area contributed by atoms with Gasteiger partial charge in [0.25, 0.3) is 5.56 Å². The Morgan fingerprint density at radius 1 is 1.19 bits per heavy atom. The normalized spacial score (nSPS) is 14.0. The van der Waals surface area contributed by atoms with Gasteiger partial charge in [0.05, 0.1) is 18.4 Å². The molecule has 0 N–H and O–H groups in total. The van der Waals surface area contributed by atoms with Gasteiger partial charge in [0.15, 0.2) is 5.78 Å². The summed E-state index contributed by atoms with van der Waals surface area (Å²) in [5, 5.41) is 0. The Labute approximate surface area is 123 Å². The number of para-hydroxylation sites is 1. The van der Waals surface area contributed by atoms with Crippen LogP contribution >= 0.6 is 0 Å². The minimum atomic E-state index is -0.201. The van der Waals surface area contributed by atoms with E-state index in [1.165, 1.54) is 6.92 Å². The second-order valence-electron chi connectivity index (χ2n) is 5.30. The van der Waals surface area contributed by atoms with Gasteiger partial charge in [-0.15, -0.1) is 0 Å². The van der Waals surface area contributed by atoms with Gasteiger partial charge in [-0.05, 0) is 44.0 Å². The minimum absolute atomic E-state index is 0.191. The number of carbonyl (C=O) groups is 1. The number of rotatable bonds is 4. The quantitative estimate of drug-likeness (QED) is 0.810. The highest BCUT2D eigenvalue weighted by Gasteiger charge is 2.29. The van der Waals surface area contributed by atoms with Crippen molar-refractivity contribution in [3.05, 3.63) is 52.3 Å². The molecule has 4 nitrogen and oxygen atoms in total. The molecule has 3 rings (SSSR count). The number of aromatic nitrogens is 1. The maximum Gasteiger partial charge on any atom is 0.262 e. The van der Waals surface area contributed by atoms with E-state index in [0.717, 1.165) is 29.8 Å². The van der Waals surface area contributed by atoms with Crippen LogP contribution in [-0.4, -0.2) is 17.5 Å². The summed E-state index contributed by atoms with van der Waals surface area (Å²) in [4.78, 5) is 24.2. The first-order valence-electron chi connectivity index (χ1n) is 7.03. The number of carbonyl (C=O) groups excluding carboxylic acids is 1. The number of ketones is 1. The van der Waals surface area contributed by atoms with Crippen LogP contribution in [0.3, 0.4) is 0 Å². The largest absolute Gasteiger partial charge is 0.496 e. The van der Waals surface area contributed by atoms with Crippen LogP contribution in [0.2, 0.25) is 0 Å². The van der Waals surface area contributed by atoms with Crippen LogP contribution in [0.1, 0.15) is 36.2 Å². The zero-order valence-electron chi connectivity index (χ0n) is 12.1. The van der Waals surface area contributed by atoms with E-state index in [1.807, 2.05) is 30.3 Å². The molecule has 1 aliphatic rings. The predicted octanol–water partition coefficient (Wildman–Crippen LogP) is 3.06. The maximum absolute atomic E-state index is 12.6. The number of benzene rings is 1. The molecule has 1 fully saturated rings. The second kappa shape index (κ2) is 5.20. The molecule has 4 heteroatoms. The Balaban J connectivity index is 2.26. The third-order valence-electron chi connectivity index (χ3n) is 3.79. The molecule has 21 heavy (non-hydrogen) atoms. The lowest BCUT2D eigenvalue weighted by atomic mass is 10.1. The number of Topliss-reactive ketones (excluding diaryl/α,β-unsaturated/α-hetero) is 1. The summed E-state index contributed by atoms with van der Waals surface area (Å²) < 4.78 is 7.13. The molecule has 1 heterocycles. The molecule has 1 saturated carbocycles. The summed E-state index contributed by atoms with van der Waals surface area (Å²) in [7, 11) is 1.61. The summed E-state index contributed by atoms with van der Waals surface area (Å²) in [6.45, 7) is 1.43. The van der Waals surface area contributed by atoms with Crippen LogP contribution in [0.15, 0.2) is 41.2 Å². The highest BCUT2D eigenvalue weighted by Crippen LogP contribution is 2.39. The number of nitrogens with zero attached hydrogens (tertiary/aromatic N) is 1. The van der Waals surface area contributed by atoms with Crippen molar-refractivity contribution in [2.75, 3.05) is 7.11 Å². The third-order valence-corrected chi connectivity index (χ3v) is 3.79. The van der Waals surface area contributed by atoms with Gasteiger partial charge in [-0.2, -0.15) is 0 Å². The summed E-state index contributed by atoms with van der Waals surface area (Å²) >= 11 is 0. The lowest BCUT2D eigenvalue weighted by Crippen LogP contribution is -2.26. The first-order chi connectivity index (χ1) is 10.1. The van der Waals surface area contributed by atoms with E-state index in [0.29, 0.717) is 0 Å². The van der Waals surface area contributed by atoms with Crippen LogP contribution in [0, 0.1) is 0 Å². The number of hydrogen-bond acceptors (Lipinski definition) is 3. The van der Waals surface area contributed by atoms with Crippen LogP contribution in [0.5, 0.6) is 5.75 Å². The van der Waals surface area contributed by atoms with Gasteiger partial charge < -0.3 is 9.30 Å². The van der Waals surface area contributed by atoms with Gasteiger partial charge in [-0.3, -0.25) is 9.59 Å². The van der Waals surface area contributed by atoms with Crippen molar-refractivity contribution in [1.82, 2.24) is 4.57 Å². The third kappa shape index (κ3) is 2.37. The van der Waals surface area contributed by atoms with Crippen LogP contribution in [0.25, 0.3) is 11.3 Å². The smallest absolute Gasteiger partial charge is 0.262 e. The van der Waals surface area contributed by atoms with Crippen molar-refractivity contribution in [3.63, 3.8) is 0 Å². The molecule has 0 aliphatic heterocycles. The van der Waals surface area contributed by atoms with Gasteiger partial charge in [0, 0.05) is 11.6 Å². The molecular formula is C17H17NO3. The molecule has 1 aromatic carbocycles. The zero-order valence-corrected chi connectivity index (χ0v) is 12.1. The fourth-order valence-corrected chi connectivity index (χ4v) is 2.59. The Bertz CT molecular complexity index is 757. The average Bonchev–Trinajstić information content (AvgIpc) is 3.31. The van der Waals surface area contributed by atoms with Gasteiger partial charge >= 0.3 is 0 Å². The topological polar surface area (TPSA) is 48.3 Å². The van der Waals surface area contributed by atoms with Crippen molar-refractivity contribution in [2.24, 2.45) is 0 Å². The van der Waals surface area contributed by atoms with Crippen molar-refractivity contribution in [1.29, 1.82) is 0 Å². The molecule has 0 atom stereocenters. The van der Waals surface area contributed by atoms with Crippen molar-refractivity contribution in [3.8, 4) is 17.0 Å². The molecule has 108 valence electrons. The van der Waals surface area contributed by atoms with Gasteiger partial charge in [-0.25, -0.2) is 0 Å². The van der Waals surface area contributed by atoms with Gasteiger partial charge in [0.2, 0.25) is 0 Å². The molecule has 1 aromatic heterocycles. The predicted molar refractivity (Wildman–Crippen MR) is 81.0 cm³/mol. The lowest BCUT2D eigenvalue weighted by Gasteiger charge is -2.15. The molecule has 0 amide bonds. The van der Waals surface area contributed by atoms with Crippen molar-refractivity contribution in [2.45, 2.75) is 25.8 Å². The fourth-order valence-electron chi connectivity index (χ4n) is 2.59. The SMILES string of the molecule is COc1ccccc1-c1ccc(C(C)=O)c(=O)n1C1CC1. The van der Waals surface area contributed by atoms with Crippen LogP contribution in [0.4, 0.5) is 0 Å². The van der Waals surface area contributed by atoms with E-state index in [2.05, 4.69) is 0 Å². The molecule has 2 aromatic rings. The molecule has 0 unspecified atom stereocenters. The summed E-state index contributed by atoms with van der Waals surface area (Å²) in [6.07, 6.45) is 1.95. The van der Waals surface area contributed by atoms with Gasteiger partial charge in [0.1, 0.15) is 5.75 Å². The maximum atomic E-state index is 12.6. The number of pyridine rings is 1. The van der Waals surface area contributed by atoms with E-state index in [4.69, 9.17) is 4.74 Å². The van der Waals surface area contributed by atoms with Crippen molar-refractivity contribution >= 4 is 5.78 Å². The average molecular weight is 283 g/mol. The summed E-state index contributed by atoms with van der Waals surface area (Å²) in [5.41, 5.74) is 1.73. The van der Waals surface area contributed by atoms with Gasteiger partial charge in [-0.1, -0.05) is 12.1 Å². The Hall–Kier alpha value is -2.36. The lowest BCUT2D eigenvalue weighted by molar-refractivity contribution is 0.101. The number of methoxy groups -OCH3 is 1. The monoisotopic (exact) mass is 283 g/mol.